The zero-order valence-corrected chi connectivity index (χ0v) is 14.9. The summed E-state index contributed by atoms with van der Waals surface area (Å²) >= 11 is 1.18. The predicted octanol–water partition coefficient (Wildman–Crippen LogP) is 2.08. The number of hydrogen-bond donors (Lipinski definition) is 3. The summed E-state index contributed by atoms with van der Waals surface area (Å²) in [5, 5.41) is 23.5. The van der Waals surface area contributed by atoms with Crippen molar-refractivity contribution in [3.63, 3.8) is 0 Å². The molecule has 10 heteroatoms. The Hall–Kier alpha value is -2.46. The van der Waals surface area contributed by atoms with Crippen LogP contribution in [0.3, 0.4) is 0 Å². The second-order valence-electron chi connectivity index (χ2n) is 5.57. The Balaban J connectivity index is 2.07. The average Bonchev–Trinajstić information content (AvgIpc) is 2.97. The van der Waals surface area contributed by atoms with Gasteiger partial charge in [0.05, 0.1) is 0 Å². The van der Waals surface area contributed by atoms with Crippen molar-refractivity contribution in [1.82, 2.24) is 15.5 Å². The van der Waals surface area contributed by atoms with Gasteiger partial charge in [0.25, 0.3) is 5.91 Å². The molecule has 0 saturated heterocycles. The Morgan fingerprint density at radius 3 is 2.38 bits per heavy atom. The van der Waals surface area contributed by atoms with Gasteiger partial charge in [-0.3, -0.25) is 14.9 Å². The van der Waals surface area contributed by atoms with Gasteiger partial charge in [0.15, 0.2) is 6.10 Å². The summed E-state index contributed by atoms with van der Waals surface area (Å²) in [6.07, 6.45) is -0.922. The van der Waals surface area contributed by atoms with Crippen LogP contribution in [0.1, 0.15) is 36.4 Å². The van der Waals surface area contributed by atoms with E-state index >= 15 is 0 Å². The number of anilines is 1. The first-order valence-corrected chi connectivity index (χ1v) is 8.67. The second-order valence-corrected chi connectivity index (χ2v) is 6.75. The Kier molecular flexibility index (Phi) is 6.70. The molecule has 0 aliphatic heterocycles. The molecule has 1 aromatic carbocycles. The summed E-state index contributed by atoms with van der Waals surface area (Å²) in [4.78, 5) is 24.5. The van der Waals surface area contributed by atoms with Crippen LogP contribution in [-0.2, 0) is 9.59 Å². The maximum Gasteiger partial charge on any atom is 0.254 e. The minimum atomic E-state index is -1.81. The standard InChI is InChI=1S/C16H18F2N4O3S/c1-3-4-12(14(24)20-16-22-21-8(2)26-16)19-15(25)13(23)9-5-10(17)7-11(18)6-9/h5-7,12-13,23H,3-4H2,1-2H3,(H,19,25)(H,20,22,24). The van der Waals surface area contributed by atoms with Gasteiger partial charge in [-0.2, -0.15) is 0 Å². The van der Waals surface area contributed by atoms with Crippen molar-refractivity contribution >= 4 is 28.3 Å². The molecule has 26 heavy (non-hydrogen) atoms. The number of hydrogen-bond acceptors (Lipinski definition) is 6. The number of aryl methyl sites for hydroxylation is 1. The number of carbonyl (C=O) groups is 2. The topological polar surface area (TPSA) is 104 Å². The van der Waals surface area contributed by atoms with Gasteiger partial charge < -0.3 is 10.4 Å². The number of rotatable bonds is 7. The number of halogens is 2. The van der Waals surface area contributed by atoms with Gasteiger partial charge in [0.2, 0.25) is 11.0 Å². The van der Waals surface area contributed by atoms with E-state index in [4.69, 9.17) is 0 Å². The first-order chi connectivity index (χ1) is 12.3. The van der Waals surface area contributed by atoms with E-state index in [1.54, 1.807) is 6.92 Å². The summed E-state index contributed by atoms with van der Waals surface area (Å²) in [7, 11) is 0. The van der Waals surface area contributed by atoms with E-state index in [0.29, 0.717) is 23.9 Å². The minimum absolute atomic E-state index is 0.240. The van der Waals surface area contributed by atoms with Crippen molar-refractivity contribution < 1.29 is 23.5 Å². The third-order valence-corrected chi connectivity index (χ3v) is 4.17. The fourth-order valence-corrected chi connectivity index (χ4v) is 2.83. The third-order valence-electron chi connectivity index (χ3n) is 3.42. The Labute approximate surface area is 152 Å². The lowest BCUT2D eigenvalue weighted by Crippen LogP contribution is -2.45. The summed E-state index contributed by atoms with van der Waals surface area (Å²) < 4.78 is 26.5. The maximum atomic E-state index is 13.2. The molecule has 0 bridgehead atoms. The molecule has 3 N–H and O–H groups in total. The Morgan fingerprint density at radius 2 is 1.85 bits per heavy atom. The molecule has 0 fully saturated rings. The molecular formula is C16H18F2N4O3S. The summed E-state index contributed by atoms with van der Waals surface area (Å²) in [5.41, 5.74) is -0.240. The summed E-state index contributed by atoms with van der Waals surface area (Å²) in [6.45, 7) is 3.55. The van der Waals surface area contributed by atoms with Gasteiger partial charge in [0, 0.05) is 6.07 Å². The second kappa shape index (κ2) is 8.77. The fourth-order valence-electron chi connectivity index (χ4n) is 2.23. The van der Waals surface area contributed by atoms with Gasteiger partial charge in [-0.1, -0.05) is 24.7 Å². The molecule has 2 aromatic rings. The van der Waals surface area contributed by atoms with Crippen molar-refractivity contribution in [1.29, 1.82) is 0 Å². The van der Waals surface area contributed by atoms with Crippen LogP contribution in [0.25, 0.3) is 0 Å². The van der Waals surface area contributed by atoms with Crippen molar-refractivity contribution in [2.75, 3.05) is 5.32 Å². The smallest absolute Gasteiger partial charge is 0.254 e. The Morgan fingerprint density at radius 1 is 1.19 bits per heavy atom. The van der Waals surface area contributed by atoms with E-state index in [0.717, 1.165) is 12.1 Å². The number of aromatic nitrogens is 2. The fraction of sp³-hybridized carbons (Fsp3) is 0.375. The minimum Gasteiger partial charge on any atom is -0.378 e. The highest BCUT2D eigenvalue weighted by molar-refractivity contribution is 7.15. The number of carbonyl (C=O) groups excluding carboxylic acids is 2. The summed E-state index contributed by atoms with van der Waals surface area (Å²) in [6, 6.07) is 1.40. The van der Waals surface area contributed by atoms with Gasteiger partial charge in [-0.05, 0) is 31.0 Å². The van der Waals surface area contributed by atoms with E-state index in [-0.39, 0.29) is 10.7 Å². The number of aliphatic hydroxyl groups is 1. The first-order valence-electron chi connectivity index (χ1n) is 7.85. The molecule has 1 aromatic heterocycles. The molecule has 2 amide bonds. The van der Waals surface area contributed by atoms with Crippen LogP contribution in [-0.4, -0.2) is 33.2 Å². The molecule has 0 saturated carbocycles. The molecular weight excluding hydrogens is 366 g/mol. The predicted molar refractivity (Wildman–Crippen MR) is 91.4 cm³/mol. The molecule has 0 spiro atoms. The van der Waals surface area contributed by atoms with Gasteiger partial charge in [-0.15, -0.1) is 10.2 Å². The SMILES string of the molecule is CCCC(NC(=O)C(O)c1cc(F)cc(F)c1)C(=O)Nc1nnc(C)s1. The van der Waals surface area contributed by atoms with Gasteiger partial charge >= 0.3 is 0 Å². The molecule has 2 unspecified atom stereocenters. The van der Waals surface area contributed by atoms with Crippen LogP contribution in [0.5, 0.6) is 0 Å². The average molecular weight is 384 g/mol. The number of nitrogens with zero attached hydrogens (tertiary/aromatic N) is 2. The van der Waals surface area contributed by atoms with E-state index in [2.05, 4.69) is 20.8 Å². The highest BCUT2D eigenvalue weighted by atomic mass is 32.1. The maximum absolute atomic E-state index is 13.2. The number of amides is 2. The monoisotopic (exact) mass is 384 g/mol. The molecule has 0 aliphatic carbocycles. The van der Waals surface area contributed by atoms with Crippen molar-refractivity contribution in [3.05, 3.63) is 40.4 Å². The van der Waals surface area contributed by atoms with Crippen LogP contribution in [0, 0.1) is 18.6 Å². The van der Waals surface area contributed by atoms with E-state index < -0.39 is 35.6 Å². The lowest BCUT2D eigenvalue weighted by molar-refractivity contribution is -0.133. The Bertz CT molecular complexity index is 779. The van der Waals surface area contributed by atoms with Crippen molar-refractivity contribution in [2.24, 2.45) is 0 Å². The largest absolute Gasteiger partial charge is 0.378 e. The molecule has 0 radical (unpaired) electrons. The third kappa shape index (κ3) is 5.27. The lowest BCUT2D eigenvalue weighted by Gasteiger charge is -2.19. The van der Waals surface area contributed by atoms with Crippen LogP contribution in [0.2, 0.25) is 0 Å². The van der Waals surface area contributed by atoms with Crippen molar-refractivity contribution in [2.45, 2.75) is 38.8 Å². The van der Waals surface area contributed by atoms with E-state index in [1.807, 2.05) is 6.92 Å². The quantitative estimate of drug-likeness (QED) is 0.678. The molecule has 0 aliphatic rings. The zero-order chi connectivity index (χ0) is 19.3. The van der Waals surface area contributed by atoms with Crippen LogP contribution in [0.4, 0.5) is 13.9 Å². The van der Waals surface area contributed by atoms with Gasteiger partial charge in [-0.25, -0.2) is 8.78 Å². The number of benzene rings is 1. The molecule has 2 atom stereocenters. The molecule has 7 nitrogen and oxygen atoms in total. The first kappa shape index (κ1) is 19.9. The highest BCUT2D eigenvalue weighted by Crippen LogP contribution is 2.18. The van der Waals surface area contributed by atoms with E-state index in [9.17, 15) is 23.5 Å². The van der Waals surface area contributed by atoms with Crippen molar-refractivity contribution in [3.8, 4) is 0 Å². The highest BCUT2D eigenvalue weighted by Gasteiger charge is 2.26. The summed E-state index contributed by atoms with van der Waals surface area (Å²) in [5.74, 6) is -3.28. The van der Waals surface area contributed by atoms with Gasteiger partial charge in [0.1, 0.15) is 22.7 Å². The van der Waals surface area contributed by atoms with Crippen LogP contribution in [0.15, 0.2) is 18.2 Å². The van der Waals surface area contributed by atoms with Crippen LogP contribution >= 0.6 is 11.3 Å². The number of aliphatic hydroxyl groups excluding tert-OH is 1. The molecule has 140 valence electrons. The van der Waals surface area contributed by atoms with E-state index in [1.165, 1.54) is 11.3 Å². The normalized spacial score (nSPS) is 13.1. The van der Waals surface area contributed by atoms with Crippen LogP contribution < -0.4 is 10.6 Å². The lowest BCUT2D eigenvalue weighted by atomic mass is 10.1. The number of nitrogens with one attached hydrogen (secondary N) is 2. The molecule has 1 heterocycles. The zero-order valence-electron chi connectivity index (χ0n) is 14.1. The molecule has 2 rings (SSSR count).